The van der Waals surface area contributed by atoms with E-state index in [1.807, 2.05) is 0 Å². The Morgan fingerprint density at radius 3 is 1.40 bits per heavy atom. The van der Waals surface area contributed by atoms with Crippen molar-refractivity contribution in [3.05, 3.63) is 0 Å². The van der Waals surface area contributed by atoms with Gasteiger partial charge in [0.1, 0.15) is 0 Å². The maximum atomic E-state index is 2.66. The zero-order valence-electron chi connectivity index (χ0n) is 21.3. The normalized spacial score (nSPS) is 31.2. The molecular weight excluding hydrogens is 360 g/mol. The molecule has 0 heterocycles. The van der Waals surface area contributed by atoms with Gasteiger partial charge in [-0.3, -0.25) is 0 Å². The van der Waals surface area contributed by atoms with E-state index in [0.717, 1.165) is 47.3 Å². The lowest BCUT2D eigenvalue weighted by molar-refractivity contribution is 0.108. The minimum Gasteiger partial charge on any atom is -0.0651 e. The van der Waals surface area contributed by atoms with E-state index < -0.39 is 0 Å². The average Bonchev–Trinajstić information content (AvgIpc) is 2.82. The summed E-state index contributed by atoms with van der Waals surface area (Å²) >= 11 is 0. The van der Waals surface area contributed by atoms with E-state index in [0.29, 0.717) is 0 Å². The molecule has 3 aliphatic carbocycles. The second kappa shape index (κ2) is 12.9. The standard InChI is InChI=1S/C30H56/c1-5-23(3)26-17-19-27(20-18-26)24(4)21-30(29-15-11-8-12-16-29)22-25(6-2)28-13-9-7-10-14-28/h23-30H,5-22H2,1-4H3. The van der Waals surface area contributed by atoms with E-state index in [4.69, 9.17) is 0 Å². The summed E-state index contributed by atoms with van der Waals surface area (Å²) in [5, 5.41) is 0. The summed E-state index contributed by atoms with van der Waals surface area (Å²) < 4.78 is 0. The Morgan fingerprint density at radius 2 is 0.933 bits per heavy atom. The summed E-state index contributed by atoms with van der Waals surface area (Å²) in [5.74, 6) is 8.20. The lowest BCUT2D eigenvalue weighted by Crippen LogP contribution is -2.29. The highest BCUT2D eigenvalue weighted by Gasteiger charge is 2.33. The Kier molecular flexibility index (Phi) is 10.6. The summed E-state index contributed by atoms with van der Waals surface area (Å²) in [6.45, 7) is 10.1. The van der Waals surface area contributed by atoms with Gasteiger partial charge in [0, 0.05) is 0 Å². The van der Waals surface area contributed by atoms with Crippen molar-refractivity contribution in [1.82, 2.24) is 0 Å². The van der Waals surface area contributed by atoms with Crippen LogP contribution in [0.4, 0.5) is 0 Å². The predicted octanol–water partition coefficient (Wildman–Crippen LogP) is 10.1. The molecule has 0 radical (unpaired) electrons. The van der Waals surface area contributed by atoms with Gasteiger partial charge in [-0.15, -0.1) is 0 Å². The lowest BCUT2D eigenvalue weighted by Gasteiger charge is -2.40. The highest BCUT2D eigenvalue weighted by molar-refractivity contribution is 4.84. The van der Waals surface area contributed by atoms with Crippen molar-refractivity contribution in [3.63, 3.8) is 0 Å². The molecule has 0 N–H and O–H groups in total. The average molecular weight is 417 g/mol. The van der Waals surface area contributed by atoms with Gasteiger partial charge >= 0.3 is 0 Å². The van der Waals surface area contributed by atoms with E-state index >= 15 is 0 Å². The van der Waals surface area contributed by atoms with Crippen molar-refractivity contribution in [3.8, 4) is 0 Å². The lowest BCUT2D eigenvalue weighted by atomic mass is 9.65. The molecule has 3 aliphatic rings. The Hall–Kier alpha value is 0. The number of rotatable bonds is 10. The Bertz CT molecular complexity index is 433. The third kappa shape index (κ3) is 7.00. The quantitative estimate of drug-likeness (QED) is 0.332. The van der Waals surface area contributed by atoms with E-state index in [1.54, 1.807) is 38.5 Å². The summed E-state index contributed by atoms with van der Waals surface area (Å²) in [6.07, 6.45) is 27.4. The zero-order chi connectivity index (χ0) is 21.3. The molecule has 0 aromatic rings. The molecule has 0 spiro atoms. The molecule has 0 aromatic carbocycles. The third-order valence-electron chi connectivity index (χ3n) is 10.5. The molecule has 4 atom stereocenters. The summed E-state index contributed by atoms with van der Waals surface area (Å²) in [4.78, 5) is 0. The molecule has 0 heteroatoms. The van der Waals surface area contributed by atoms with Crippen molar-refractivity contribution in [1.29, 1.82) is 0 Å². The Balaban J connectivity index is 1.57. The van der Waals surface area contributed by atoms with Gasteiger partial charge in [0.05, 0.1) is 0 Å². The maximum Gasteiger partial charge on any atom is -0.0380 e. The fourth-order valence-electron chi connectivity index (χ4n) is 8.06. The minimum absolute atomic E-state index is 0.956. The molecular formula is C30H56. The van der Waals surface area contributed by atoms with Gasteiger partial charge in [-0.2, -0.15) is 0 Å². The molecule has 3 fully saturated rings. The topological polar surface area (TPSA) is 0 Å². The van der Waals surface area contributed by atoms with Crippen LogP contribution in [-0.2, 0) is 0 Å². The van der Waals surface area contributed by atoms with Crippen molar-refractivity contribution < 1.29 is 0 Å². The molecule has 0 saturated heterocycles. The number of hydrogen-bond donors (Lipinski definition) is 0. The van der Waals surface area contributed by atoms with Gasteiger partial charge in [0.2, 0.25) is 0 Å². The first kappa shape index (κ1) is 24.6. The maximum absolute atomic E-state index is 2.66. The van der Waals surface area contributed by atoms with Crippen LogP contribution in [0.5, 0.6) is 0 Å². The summed E-state index contributed by atoms with van der Waals surface area (Å²) in [6, 6.07) is 0. The van der Waals surface area contributed by atoms with Gasteiger partial charge in [0.15, 0.2) is 0 Å². The first-order valence-electron chi connectivity index (χ1n) is 14.6. The highest BCUT2D eigenvalue weighted by Crippen LogP contribution is 2.45. The molecule has 0 bridgehead atoms. The summed E-state index contributed by atoms with van der Waals surface area (Å²) in [7, 11) is 0. The monoisotopic (exact) mass is 416 g/mol. The van der Waals surface area contributed by atoms with Crippen LogP contribution in [0.2, 0.25) is 0 Å². The predicted molar refractivity (Wildman–Crippen MR) is 134 cm³/mol. The first-order valence-corrected chi connectivity index (χ1v) is 14.6. The fourth-order valence-corrected chi connectivity index (χ4v) is 8.06. The van der Waals surface area contributed by atoms with Crippen LogP contribution in [0.1, 0.15) is 143 Å². The molecule has 3 saturated carbocycles. The summed E-state index contributed by atoms with van der Waals surface area (Å²) in [5.41, 5.74) is 0. The SMILES string of the molecule is CCC(C)C1CCC(C(C)CC(CC(CC)C2CCCCC2)C2CCCCC2)CC1. The molecule has 4 unspecified atom stereocenters. The van der Waals surface area contributed by atoms with Crippen LogP contribution < -0.4 is 0 Å². The van der Waals surface area contributed by atoms with Gasteiger partial charge in [-0.1, -0.05) is 105 Å². The van der Waals surface area contributed by atoms with E-state index in [9.17, 15) is 0 Å². The van der Waals surface area contributed by atoms with Crippen molar-refractivity contribution >= 4 is 0 Å². The van der Waals surface area contributed by atoms with Crippen LogP contribution in [0.15, 0.2) is 0 Å². The van der Waals surface area contributed by atoms with Gasteiger partial charge in [-0.05, 0) is 85.9 Å². The Morgan fingerprint density at radius 1 is 0.467 bits per heavy atom. The van der Waals surface area contributed by atoms with Gasteiger partial charge in [-0.25, -0.2) is 0 Å². The third-order valence-corrected chi connectivity index (χ3v) is 10.5. The molecule has 0 aromatic heterocycles. The van der Waals surface area contributed by atoms with Crippen LogP contribution in [-0.4, -0.2) is 0 Å². The van der Waals surface area contributed by atoms with Crippen molar-refractivity contribution in [2.75, 3.05) is 0 Å². The van der Waals surface area contributed by atoms with E-state index in [2.05, 4.69) is 27.7 Å². The molecule has 0 amide bonds. The van der Waals surface area contributed by atoms with Crippen LogP contribution in [0.3, 0.4) is 0 Å². The molecule has 0 nitrogen and oxygen atoms in total. The molecule has 0 aliphatic heterocycles. The first-order chi connectivity index (χ1) is 14.6. The smallest absolute Gasteiger partial charge is 0.0380 e. The van der Waals surface area contributed by atoms with E-state index in [1.165, 1.54) is 77.0 Å². The fraction of sp³-hybridized carbons (Fsp3) is 1.00. The van der Waals surface area contributed by atoms with Crippen LogP contribution in [0.25, 0.3) is 0 Å². The van der Waals surface area contributed by atoms with Gasteiger partial charge < -0.3 is 0 Å². The molecule has 3 rings (SSSR count). The highest BCUT2D eigenvalue weighted by atomic mass is 14.4. The molecule has 30 heavy (non-hydrogen) atoms. The minimum atomic E-state index is 0.956. The zero-order valence-corrected chi connectivity index (χ0v) is 21.3. The van der Waals surface area contributed by atoms with Crippen molar-refractivity contribution in [2.45, 2.75) is 143 Å². The van der Waals surface area contributed by atoms with Crippen LogP contribution >= 0.6 is 0 Å². The second-order valence-electron chi connectivity index (χ2n) is 12.2. The number of hydrogen-bond acceptors (Lipinski definition) is 0. The van der Waals surface area contributed by atoms with Crippen molar-refractivity contribution in [2.24, 2.45) is 47.3 Å². The second-order valence-corrected chi connectivity index (χ2v) is 12.2. The molecule has 176 valence electrons. The largest absolute Gasteiger partial charge is 0.0651 e. The van der Waals surface area contributed by atoms with Crippen LogP contribution in [0, 0.1) is 47.3 Å². The Labute approximate surface area is 190 Å². The van der Waals surface area contributed by atoms with Gasteiger partial charge in [0.25, 0.3) is 0 Å². The van der Waals surface area contributed by atoms with E-state index in [-0.39, 0.29) is 0 Å².